The summed E-state index contributed by atoms with van der Waals surface area (Å²) in [6.45, 7) is 5.85. The van der Waals surface area contributed by atoms with E-state index in [9.17, 15) is 18.0 Å². The lowest BCUT2D eigenvalue weighted by molar-refractivity contribution is -0.143. The van der Waals surface area contributed by atoms with E-state index in [0.717, 1.165) is 25.7 Å². The standard InChI is InChI=1S/C22H30N4O4S/c1-15(2)19(23-20-17-9-5-6-10-18(17)31(29,30)24-20)22(28)26-13-11-25(12-14-26)21(27)16-7-3-4-8-16/h5-6,9-10,15-16,19H,3-4,7-8,11-14H2,1-2H3,(H,23,24)/t19-/m0/s1. The minimum absolute atomic E-state index is 0.101. The van der Waals surface area contributed by atoms with E-state index in [1.807, 2.05) is 18.7 Å². The molecule has 9 heteroatoms. The zero-order chi connectivity index (χ0) is 22.2. The maximum Gasteiger partial charge on any atom is 0.263 e. The van der Waals surface area contributed by atoms with Gasteiger partial charge in [0, 0.05) is 37.7 Å². The van der Waals surface area contributed by atoms with Gasteiger partial charge in [-0.1, -0.05) is 38.8 Å². The monoisotopic (exact) mass is 446 g/mol. The first-order valence-electron chi connectivity index (χ1n) is 11.1. The van der Waals surface area contributed by atoms with Crippen LogP contribution < -0.4 is 4.72 Å². The van der Waals surface area contributed by atoms with E-state index in [2.05, 4.69) is 9.71 Å². The van der Waals surface area contributed by atoms with Crippen molar-refractivity contribution in [3.8, 4) is 0 Å². The van der Waals surface area contributed by atoms with E-state index in [-0.39, 0.29) is 34.4 Å². The third kappa shape index (κ3) is 4.33. The number of carbonyl (C=O) groups excluding carboxylic acids is 2. The van der Waals surface area contributed by atoms with Gasteiger partial charge in [-0.05, 0) is 30.9 Å². The van der Waals surface area contributed by atoms with Gasteiger partial charge in [-0.2, -0.15) is 0 Å². The molecule has 1 atom stereocenters. The van der Waals surface area contributed by atoms with E-state index < -0.39 is 16.1 Å². The molecule has 2 fully saturated rings. The number of benzene rings is 1. The van der Waals surface area contributed by atoms with Gasteiger partial charge in [0.05, 0.1) is 4.90 Å². The Balaban J connectivity index is 1.47. The summed E-state index contributed by atoms with van der Waals surface area (Å²) in [4.78, 5) is 34.3. The van der Waals surface area contributed by atoms with Crippen LogP contribution in [0.1, 0.15) is 45.1 Å². The number of hydrogen-bond acceptors (Lipinski definition) is 5. The highest BCUT2D eigenvalue weighted by molar-refractivity contribution is 7.90. The van der Waals surface area contributed by atoms with Crippen LogP contribution in [0.3, 0.4) is 0 Å². The topological polar surface area (TPSA) is 99.1 Å². The molecule has 1 aromatic carbocycles. The number of sulfonamides is 1. The number of aliphatic imine (C=N–C) groups is 1. The van der Waals surface area contributed by atoms with Crippen LogP contribution in [0.15, 0.2) is 34.2 Å². The largest absolute Gasteiger partial charge is 0.339 e. The van der Waals surface area contributed by atoms with Gasteiger partial charge in [0.2, 0.25) is 11.8 Å². The second kappa shape index (κ2) is 8.61. The summed E-state index contributed by atoms with van der Waals surface area (Å²) in [7, 11) is -3.65. The number of rotatable bonds is 4. The Kier molecular flexibility index (Phi) is 6.05. The van der Waals surface area contributed by atoms with Gasteiger partial charge in [0.1, 0.15) is 11.9 Å². The van der Waals surface area contributed by atoms with Crippen molar-refractivity contribution in [1.29, 1.82) is 0 Å². The minimum atomic E-state index is -3.65. The molecule has 1 N–H and O–H groups in total. The quantitative estimate of drug-likeness (QED) is 0.760. The summed E-state index contributed by atoms with van der Waals surface area (Å²) in [6.07, 6.45) is 4.20. The Labute approximate surface area is 183 Å². The molecule has 1 saturated carbocycles. The fourth-order valence-corrected chi connectivity index (χ4v) is 5.86. The number of amidine groups is 1. The number of piperazine rings is 1. The van der Waals surface area contributed by atoms with Crippen molar-refractivity contribution in [2.75, 3.05) is 26.2 Å². The first-order chi connectivity index (χ1) is 14.8. The van der Waals surface area contributed by atoms with Crippen LogP contribution in [0.25, 0.3) is 0 Å². The van der Waals surface area contributed by atoms with Crippen molar-refractivity contribution in [2.45, 2.75) is 50.5 Å². The number of fused-ring (bicyclic) bond motifs is 1. The average Bonchev–Trinajstić information content (AvgIpc) is 3.38. The van der Waals surface area contributed by atoms with Crippen molar-refractivity contribution in [1.82, 2.24) is 14.5 Å². The van der Waals surface area contributed by atoms with Crippen LogP contribution in [0.5, 0.6) is 0 Å². The van der Waals surface area contributed by atoms with E-state index in [1.54, 1.807) is 23.1 Å². The lowest BCUT2D eigenvalue weighted by Gasteiger charge is -2.37. The molecule has 2 amide bonds. The molecule has 0 unspecified atom stereocenters. The summed E-state index contributed by atoms with van der Waals surface area (Å²) in [5.41, 5.74) is 0.493. The van der Waals surface area contributed by atoms with Gasteiger partial charge in [0.25, 0.3) is 10.0 Å². The Bertz CT molecular complexity index is 991. The van der Waals surface area contributed by atoms with Crippen LogP contribution in [-0.2, 0) is 19.6 Å². The van der Waals surface area contributed by atoms with Crippen molar-refractivity contribution in [2.24, 2.45) is 16.8 Å². The molecule has 4 rings (SSSR count). The van der Waals surface area contributed by atoms with Crippen LogP contribution in [-0.4, -0.2) is 68.1 Å². The molecule has 3 aliphatic rings. The SMILES string of the molecule is CC(C)[C@H](N=C1NS(=O)(=O)c2ccccc21)C(=O)N1CCN(C(=O)C2CCCC2)CC1. The average molecular weight is 447 g/mol. The van der Waals surface area contributed by atoms with Crippen molar-refractivity contribution in [3.63, 3.8) is 0 Å². The Hall–Kier alpha value is -2.42. The Morgan fingerprint density at radius 3 is 2.29 bits per heavy atom. The summed E-state index contributed by atoms with van der Waals surface area (Å²) >= 11 is 0. The lowest BCUT2D eigenvalue weighted by atomic mass is 10.0. The third-order valence-electron chi connectivity index (χ3n) is 6.42. The van der Waals surface area contributed by atoms with Gasteiger partial charge in [-0.3, -0.25) is 19.3 Å². The van der Waals surface area contributed by atoms with Gasteiger partial charge in [-0.15, -0.1) is 0 Å². The van der Waals surface area contributed by atoms with Gasteiger partial charge >= 0.3 is 0 Å². The molecule has 0 aromatic heterocycles. The maximum absolute atomic E-state index is 13.3. The van der Waals surface area contributed by atoms with Gasteiger partial charge in [-0.25, -0.2) is 8.42 Å². The third-order valence-corrected chi connectivity index (χ3v) is 7.82. The molecule has 8 nitrogen and oxygen atoms in total. The van der Waals surface area contributed by atoms with E-state index in [0.29, 0.717) is 31.7 Å². The molecule has 2 heterocycles. The number of amides is 2. The van der Waals surface area contributed by atoms with E-state index >= 15 is 0 Å². The molecule has 168 valence electrons. The van der Waals surface area contributed by atoms with Gasteiger partial charge < -0.3 is 9.80 Å². The second-order valence-electron chi connectivity index (χ2n) is 8.90. The fraction of sp³-hybridized carbons (Fsp3) is 0.591. The molecule has 0 radical (unpaired) electrons. The highest BCUT2D eigenvalue weighted by Gasteiger charge is 2.36. The number of nitrogens with zero attached hydrogens (tertiary/aromatic N) is 3. The molecule has 31 heavy (non-hydrogen) atoms. The molecule has 1 saturated heterocycles. The lowest BCUT2D eigenvalue weighted by Crippen LogP contribution is -2.54. The summed E-state index contributed by atoms with van der Waals surface area (Å²) in [5.74, 6) is 0.363. The van der Waals surface area contributed by atoms with E-state index in [1.165, 1.54) is 6.07 Å². The number of carbonyl (C=O) groups is 2. The highest BCUT2D eigenvalue weighted by atomic mass is 32.2. The molecule has 1 aromatic rings. The normalized spacial score (nSPS) is 23.1. The Morgan fingerprint density at radius 1 is 1.03 bits per heavy atom. The molecular formula is C22H30N4O4S. The van der Waals surface area contributed by atoms with Crippen LogP contribution in [0.2, 0.25) is 0 Å². The predicted octanol–water partition coefficient (Wildman–Crippen LogP) is 1.61. The molecule has 0 spiro atoms. The molecule has 2 aliphatic heterocycles. The van der Waals surface area contributed by atoms with Crippen molar-refractivity contribution < 1.29 is 18.0 Å². The van der Waals surface area contributed by atoms with Crippen LogP contribution >= 0.6 is 0 Å². The highest BCUT2D eigenvalue weighted by Crippen LogP contribution is 2.27. The van der Waals surface area contributed by atoms with Crippen molar-refractivity contribution in [3.05, 3.63) is 29.8 Å². The summed E-state index contributed by atoms with van der Waals surface area (Å²) < 4.78 is 27.2. The number of hydrogen-bond donors (Lipinski definition) is 1. The fourth-order valence-electron chi connectivity index (χ4n) is 4.62. The van der Waals surface area contributed by atoms with Gasteiger partial charge in [0.15, 0.2) is 0 Å². The van der Waals surface area contributed by atoms with Crippen LogP contribution in [0.4, 0.5) is 0 Å². The second-order valence-corrected chi connectivity index (χ2v) is 10.6. The molecule has 0 bridgehead atoms. The predicted molar refractivity (Wildman–Crippen MR) is 117 cm³/mol. The zero-order valence-corrected chi connectivity index (χ0v) is 18.9. The minimum Gasteiger partial charge on any atom is -0.339 e. The molecule has 1 aliphatic carbocycles. The smallest absolute Gasteiger partial charge is 0.263 e. The van der Waals surface area contributed by atoms with Crippen molar-refractivity contribution >= 4 is 27.7 Å². The molecular weight excluding hydrogens is 416 g/mol. The Morgan fingerprint density at radius 2 is 1.65 bits per heavy atom. The maximum atomic E-state index is 13.3. The first-order valence-corrected chi connectivity index (χ1v) is 12.5. The van der Waals surface area contributed by atoms with Crippen LogP contribution in [0, 0.1) is 11.8 Å². The van der Waals surface area contributed by atoms with E-state index in [4.69, 9.17) is 0 Å². The summed E-state index contributed by atoms with van der Waals surface area (Å²) in [5, 5.41) is 0. The first kappa shape index (κ1) is 21.8. The number of nitrogens with one attached hydrogen (secondary N) is 1. The summed E-state index contributed by atoms with van der Waals surface area (Å²) in [6, 6.07) is 5.96. The zero-order valence-electron chi connectivity index (χ0n) is 18.1.